The zero-order chi connectivity index (χ0) is 32.5. The van der Waals surface area contributed by atoms with E-state index in [1.807, 2.05) is 46.8 Å². The Kier molecular flexibility index (Phi) is 7.64. The molecule has 0 radical (unpaired) electrons. The van der Waals surface area contributed by atoms with Crippen LogP contribution in [0.4, 0.5) is 0 Å². The van der Waals surface area contributed by atoms with Gasteiger partial charge in [-0.25, -0.2) is 4.79 Å². The Morgan fingerprint density at radius 2 is 1.82 bits per heavy atom. The number of hydrogen-bond acceptors (Lipinski definition) is 8. The quantitative estimate of drug-likeness (QED) is 0.265. The molecule has 1 saturated carbocycles. The second-order valence-corrected chi connectivity index (χ2v) is 13.4. The summed E-state index contributed by atoms with van der Waals surface area (Å²) < 4.78 is 25.9. The molecule has 0 amide bonds. The number of carboxylic acid groups (broad SMARTS) is 1. The summed E-state index contributed by atoms with van der Waals surface area (Å²) in [5, 5.41) is 21.4. The van der Waals surface area contributed by atoms with Crippen molar-refractivity contribution < 1.29 is 43.5 Å². The van der Waals surface area contributed by atoms with Crippen molar-refractivity contribution in [1.29, 1.82) is 0 Å². The summed E-state index contributed by atoms with van der Waals surface area (Å²) in [5.41, 5.74) is -2.03. The first-order chi connectivity index (χ1) is 20.5. The zero-order valence-corrected chi connectivity index (χ0v) is 26.9. The van der Waals surface area contributed by atoms with Crippen LogP contribution < -0.4 is 9.47 Å². The molecule has 4 atom stereocenters. The number of Topliss-reactive ketones (excluding diaryl/α,β-unsaturated/α-hetero) is 2. The van der Waals surface area contributed by atoms with E-state index in [1.54, 1.807) is 19.9 Å². The minimum Gasteiger partial charge on any atom is -0.506 e. The van der Waals surface area contributed by atoms with Gasteiger partial charge in [0.2, 0.25) is 5.78 Å². The molecule has 1 aromatic carbocycles. The van der Waals surface area contributed by atoms with Crippen molar-refractivity contribution >= 4 is 23.6 Å². The highest BCUT2D eigenvalue weighted by molar-refractivity contribution is 6.19. The molecule has 236 valence electrons. The summed E-state index contributed by atoms with van der Waals surface area (Å²) in [7, 11) is 1.42. The molecule has 2 heterocycles. The predicted molar refractivity (Wildman–Crippen MR) is 164 cm³/mol. The first-order valence-corrected chi connectivity index (χ1v) is 15.1. The van der Waals surface area contributed by atoms with Crippen LogP contribution in [0.3, 0.4) is 0 Å². The zero-order valence-electron chi connectivity index (χ0n) is 26.9. The van der Waals surface area contributed by atoms with Crippen LogP contribution in [-0.2, 0) is 25.5 Å². The Hall–Kier alpha value is -3.85. The maximum atomic E-state index is 14.9. The van der Waals surface area contributed by atoms with Gasteiger partial charge in [-0.3, -0.25) is 9.59 Å². The molecule has 9 heteroatoms. The van der Waals surface area contributed by atoms with Crippen LogP contribution in [0.1, 0.15) is 89.7 Å². The van der Waals surface area contributed by atoms with Crippen molar-refractivity contribution in [3.8, 4) is 17.2 Å². The van der Waals surface area contributed by atoms with E-state index < -0.39 is 46.5 Å². The monoisotopic (exact) mass is 606 g/mol. The van der Waals surface area contributed by atoms with Gasteiger partial charge in [-0.15, -0.1) is 0 Å². The van der Waals surface area contributed by atoms with E-state index in [4.69, 9.17) is 18.9 Å². The number of benzene rings is 1. The molecule has 0 aromatic heterocycles. The molecular formula is C35H42O9. The SMILES string of the molecule is COC1=C2C(=O)c3c(O)c4c(c(CC=C(C)C)c3O[C@@]23[C@H](C)C[C@@H]1C(=O)[C@]3(C/C=C(/C)C(=O)O)OC(C)C)OC(C)(C)C=C4. The molecule has 9 nitrogen and oxygen atoms in total. The summed E-state index contributed by atoms with van der Waals surface area (Å²) in [5.74, 6) is -2.77. The predicted octanol–water partition coefficient (Wildman–Crippen LogP) is 6.12. The molecule has 44 heavy (non-hydrogen) atoms. The fourth-order valence-corrected chi connectivity index (χ4v) is 7.23. The average Bonchev–Trinajstić information content (AvgIpc) is 2.93. The average molecular weight is 607 g/mol. The van der Waals surface area contributed by atoms with E-state index >= 15 is 0 Å². The van der Waals surface area contributed by atoms with E-state index in [2.05, 4.69) is 0 Å². The molecule has 2 aliphatic heterocycles. The van der Waals surface area contributed by atoms with Gasteiger partial charge < -0.3 is 29.2 Å². The van der Waals surface area contributed by atoms with E-state index in [9.17, 15) is 24.6 Å². The van der Waals surface area contributed by atoms with Crippen LogP contribution in [0, 0.1) is 11.8 Å². The molecular weight excluding hydrogens is 564 g/mol. The minimum atomic E-state index is -1.76. The number of aliphatic carboxylic acids is 1. The molecule has 1 fully saturated rings. The molecule has 5 aliphatic rings. The number of aromatic hydroxyl groups is 1. The van der Waals surface area contributed by atoms with Gasteiger partial charge in [0, 0.05) is 23.5 Å². The van der Waals surface area contributed by atoms with Gasteiger partial charge in [-0.05, 0) is 73.5 Å². The fourth-order valence-electron chi connectivity index (χ4n) is 7.23. The van der Waals surface area contributed by atoms with E-state index in [-0.39, 0.29) is 46.2 Å². The Morgan fingerprint density at radius 1 is 1.14 bits per heavy atom. The standard InChI is InChI=1S/C35H42O9/c1-17(2)10-11-22-28-21(13-14-33(7,8)43-28)26(36)24-27(37)25-30(41-9)23-16-20(6)35(25,44-29(22)24)34(31(23)38,42-18(3)4)15-12-19(5)32(39)40/h10,12-14,18,20,23,36H,11,15-16H2,1-9H3,(H,39,40)/b19-12-/t20-,23+,34+,35+/m1/s1. The molecule has 2 N–H and O–H groups in total. The molecule has 1 aromatic rings. The van der Waals surface area contributed by atoms with Crippen LogP contribution in [0.25, 0.3) is 6.08 Å². The first-order valence-electron chi connectivity index (χ1n) is 15.1. The number of methoxy groups -OCH3 is 1. The van der Waals surface area contributed by atoms with Crippen molar-refractivity contribution in [3.05, 3.63) is 57.4 Å². The van der Waals surface area contributed by atoms with E-state index in [1.165, 1.54) is 20.1 Å². The first kappa shape index (κ1) is 31.6. The maximum absolute atomic E-state index is 14.9. The Bertz CT molecular complexity index is 1580. The topological polar surface area (TPSA) is 129 Å². The van der Waals surface area contributed by atoms with Crippen molar-refractivity contribution in [2.75, 3.05) is 7.11 Å². The Balaban J connectivity index is 1.90. The molecule has 3 aliphatic carbocycles. The highest BCUT2D eigenvalue weighted by atomic mass is 16.6. The lowest BCUT2D eigenvalue weighted by Crippen LogP contribution is -2.77. The second kappa shape index (κ2) is 10.6. The Labute approximate surface area is 258 Å². The fraction of sp³-hybridized carbons (Fsp3) is 0.514. The van der Waals surface area contributed by atoms with Crippen LogP contribution in [0.15, 0.2) is 40.7 Å². The van der Waals surface area contributed by atoms with Gasteiger partial charge in [-0.2, -0.15) is 0 Å². The molecule has 0 unspecified atom stereocenters. The lowest BCUT2D eigenvalue weighted by molar-refractivity contribution is -0.219. The van der Waals surface area contributed by atoms with Gasteiger partial charge in [-0.1, -0.05) is 24.6 Å². The van der Waals surface area contributed by atoms with Crippen molar-refractivity contribution in [1.82, 2.24) is 0 Å². The van der Waals surface area contributed by atoms with Crippen molar-refractivity contribution in [2.45, 2.75) is 97.6 Å². The highest BCUT2D eigenvalue weighted by Gasteiger charge is 2.75. The summed E-state index contributed by atoms with van der Waals surface area (Å²) in [6.07, 6.45) is 7.08. The van der Waals surface area contributed by atoms with E-state index in [0.29, 0.717) is 29.7 Å². The molecule has 6 rings (SSSR count). The minimum absolute atomic E-state index is 0.0214. The lowest BCUT2D eigenvalue weighted by atomic mass is 9.50. The number of ether oxygens (including phenoxy) is 4. The molecule has 2 bridgehead atoms. The highest BCUT2D eigenvalue weighted by Crippen LogP contribution is 2.64. The lowest BCUT2D eigenvalue weighted by Gasteiger charge is -2.61. The summed E-state index contributed by atoms with van der Waals surface area (Å²) in [6.45, 7) is 14.6. The summed E-state index contributed by atoms with van der Waals surface area (Å²) >= 11 is 0. The second-order valence-electron chi connectivity index (χ2n) is 13.4. The third-order valence-electron chi connectivity index (χ3n) is 9.18. The van der Waals surface area contributed by atoms with Crippen molar-refractivity contribution in [2.24, 2.45) is 11.8 Å². The number of phenolic OH excluding ortho intramolecular Hbond substituents is 1. The summed E-state index contributed by atoms with van der Waals surface area (Å²) in [4.78, 5) is 41.3. The maximum Gasteiger partial charge on any atom is 0.330 e. The number of carbonyl (C=O) groups is 3. The van der Waals surface area contributed by atoms with Crippen molar-refractivity contribution in [3.63, 3.8) is 0 Å². The number of carboxylic acids is 1. The van der Waals surface area contributed by atoms with Gasteiger partial charge in [0.05, 0.1) is 30.3 Å². The summed E-state index contributed by atoms with van der Waals surface area (Å²) in [6, 6.07) is 0. The van der Waals surface area contributed by atoms with Crippen LogP contribution in [0.2, 0.25) is 0 Å². The van der Waals surface area contributed by atoms with E-state index in [0.717, 1.165) is 5.57 Å². The number of allylic oxidation sites excluding steroid dienone is 3. The van der Waals surface area contributed by atoms with Crippen LogP contribution in [0.5, 0.6) is 17.2 Å². The number of phenols is 1. The van der Waals surface area contributed by atoms with Crippen LogP contribution in [-0.4, -0.2) is 57.8 Å². The largest absolute Gasteiger partial charge is 0.506 e. The van der Waals surface area contributed by atoms with Gasteiger partial charge in [0.15, 0.2) is 17.0 Å². The third kappa shape index (κ3) is 4.42. The van der Waals surface area contributed by atoms with Gasteiger partial charge in [0.25, 0.3) is 0 Å². The smallest absolute Gasteiger partial charge is 0.330 e. The van der Waals surface area contributed by atoms with Gasteiger partial charge in [0.1, 0.15) is 34.2 Å². The number of hydrogen-bond donors (Lipinski definition) is 2. The Morgan fingerprint density at radius 3 is 2.41 bits per heavy atom. The number of ketones is 2. The molecule has 1 spiro atoms. The van der Waals surface area contributed by atoms with Gasteiger partial charge >= 0.3 is 5.97 Å². The number of fused-ring (bicyclic) bond motifs is 4. The number of rotatable bonds is 8. The normalized spacial score (nSPS) is 28.2. The molecule has 0 saturated heterocycles. The van der Waals surface area contributed by atoms with Crippen LogP contribution >= 0.6 is 0 Å². The number of carbonyl (C=O) groups excluding carboxylic acids is 2. The third-order valence-corrected chi connectivity index (χ3v) is 9.18.